The van der Waals surface area contributed by atoms with Gasteiger partial charge in [-0.1, -0.05) is 12.5 Å². The number of benzene rings is 1. The van der Waals surface area contributed by atoms with Crippen LogP contribution in [0.5, 0.6) is 5.75 Å². The minimum Gasteiger partial charge on any atom is -0.492 e. The second-order valence-electron chi connectivity index (χ2n) is 7.54. The first kappa shape index (κ1) is 16.6. The summed E-state index contributed by atoms with van der Waals surface area (Å²) in [5.74, 6) is 1.83. The molecular weight excluding hydrogens is 338 g/mol. The number of anilines is 1. The predicted octanol–water partition coefficient (Wildman–Crippen LogP) is 3.36. The Morgan fingerprint density at radius 2 is 2.11 bits per heavy atom. The fourth-order valence-corrected chi connectivity index (χ4v) is 4.20. The molecule has 0 aliphatic carbocycles. The summed E-state index contributed by atoms with van der Waals surface area (Å²) in [6, 6.07) is 8.81. The van der Waals surface area contributed by atoms with E-state index in [0.29, 0.717) is 6.04 Å². The lowest BCUT2D eigenvalue weighted by molar-refractivity contribution is 0.104. The number of rotatable bonds is 0. The van der Waals surface area contributed by atoms with Gasteiger partial charge in [-0.25, -0.2) is 9.50 Å². The maximum atomic E-state index is 6.23. The molecular formula is C21H25N5O. The number of hydrogen-bond acceptors (Lipinski definition) is 5. The Bertz CT molecular complexity index is 966. The number of piperidine rings is 1. The van der Waals surface area contributed by atoms with Crippen molar-refractivity contribution < 1.29 is 4.74 Å². The molecule has 6 nitrogen and oxygen atoms in total. The third-order valence-corrected chi connectivity index (χ3v) is 5.76. The van der Waals surface area contributed by atoms with Gasteiger partial charge in [0.15, 0.2) is 5.65 Å². The predicted molar refractivity (Wildman–Crippen MR) is 106 cm³/mol. The largest absolute Gasteiger partial charge is 0.492 e. The van der Waals surface area contributed by atoms with Gasteiger partial charge in [-0.2, -0.15) is 5.10 Å². The highest BCUT2D eigenvalue weighted by molar-refractivity contribution is 5.80. The fraction of sp³-hybridized carbons (Fsp3) is 0.429. The molecule has 27 heavy (non-hydrogen) atoms. The molecule has 1 aromatic carbocycles. The van der Waals surface area contributed by atoms with Crippen molar-refractivity contribution in [1.82, 2.24) is 19.5 Å². The number of nitrogens with zero attached hydrogens (tertiary/aromatic N) is 4. The Balaban J connectivity index is 1.59. The van der Waals surface area contributed by atoms with Crippen LogP contribution in [0.3, 0.4) is 0 Å². The molecule has 6 heteroatoms. The summed E-state index contributed by atoms with van der Waals surface area (Å²) in [4.78, 5) is 7.39. The minimum absolute atomic E-state index is 0.482. The summed E-state index contributed by atoms with van der Waals surface area (Å²) >= 11 is 0. The zero-order valence-electron chi connectivity index (χ0n) is 15.7. The van der Waals surface area contributed by atoms with Gasteiger partial charge in [-0.3, -0.25) is 4.90 Å². The van der Waals surface area contributed by atoms with Crippen molar-refractivity contribution in [2.45, 2.75) is 32.2 Å². The lowest BCUT2D eigenvalue weighted by Gasteiger charge is -2.35. The third kappa shape index (κ3) is 3.14. The highest BCUT2D eigenvalue weighted by Crippen LogP contribution is 2.31. The highest BCUT2D eigenvalue weighted by Gasteiger charge is 2.23. The smallest absolute Gasteiger partial charge is 0.165 e. The molecule has 4 bridgehead atoms. The van der Waals surface area contributed by atoms with Crippen LogP contribution in [-0.4, -0.2) is 51.8 Å². The van der Waals surface area contributed by atoms with Crippen LogP contribution in [0.4, 0.5) is 5.82 Å². The van der Waals surface area contributed by atoms with Crippen LogP contribution >= 0.6 is 0 Å². The van der Waals surface area contributed by atoms with E-state index in [-0.39, 0.29) is 0 Å². The topological polar surface area (TPSA) is 54.7 Å². The number of ether oxygens (including phenoxy) is 1. The fourth-order valence-electron chi connectivity index (χ4n) is 4.20. The van der Waals surface area contributed by atoms with E-state index in [1.165, 1.54) is 24.8 Å². The van der Waals surface area contributed by atoms with Gasteiger partial charge in [0.25, 0.3) is 0 Å². The molecule has 1 saturated heterocycles. The van der Waals surface area contributed by atoms with Crippen LogP contribution in [0.15, 0.2) is 36.7 Å². The summed E-state index contributed by atoms with van der Waals surface area (Å²) in [5, 5.41) is 7.97. The molecule has 2 aromatic heterocycles. The summed E-state index contributed by atoms with van der Waals surface area (Å²) < 4.78 is 8.07. The first-order valence-electron chi connectivity index (χ1n) is 9.84. The summed E-state index contributed by atoms with van der Waals surface area (Å²) in [6.07, 6.45) is 7.63. The summed E-state index contributed by atoms with van der Waals surface area (Å²) in [7, 11) is 0. The second-order valence-corrected chi connectivity index (χ2v) is 7.54. The van der Waals surface area contributed by atoms with Crippen molar-refractivity contribution in [1.29, 1.82) is 0 Å². The lowest BCUT2D eigenvalue weighted by atomic mass is 10.0. The van der Waals surface area contributed by atoms with Crippen molar-refractivity contribution in [3.63, 3.8) is 0 Å². The SMILES string of the molecule is Cc1ccc2cc1-c1cnn3ccc(nc13)NCCN1CCCC[C@H]1CO2. The van der Waals surface area contributed by atoms with Crippen LogP contribution in [0.2, 0.25) is 0 Å². The Hall–Kier alpha value is -2.60. The lowest BCUT2D eigenvalue weighted by Crippen LogP contribution is -2.45. The van der Waals surface area contributed by atoms with Gasteiger partial charge in [-0.05, 0) is 55.6 Å². The zero-order chi connectivity index (χ0) is 18.2. The van der Waals surface area contributed by atoms with Crippen LogP contribution in [0.1, 0.15) is 24.8 Å². The molecule has 1 fully saturated rings. The highest BCUT2D eigenvalue weighted by atomic mass is 16.5. The molecule has 4 heterocycles. The molecule has 1 atom stereocenters. The Labute approximate surface area is 159 Å². The van der Waals surface area contributed by atoms with Gasteiger partial charge in [0.2, 0.25) is 0 Å². The summed E-state index contributed by atoms with van der Waals surface area (Å²) in [6.45, 7) is 5.90. The molecule has 0 unspecified atom stereocenters. The van der Waals surface area contributed by atoms with Crippen molar-refractivity contribution >= 4 is 11.5 Å². The molecule has 2 aliphatic heterocycles. The van der Waals surface area contributed by atoms with Gasteiger partial charge in [0.1, 0.15) is 18.2 Å². The van der Waals surface area contributed by atoms with E-state index in [9.17, 15) is 0 Å². The van der Waals surface area contributed by atoms with E-state index >= 15 is 0 Å². The molecule has 5 rings (SSSR count). The van der Waals surface area contributed by atoms with Gasteiger partial charge in [0, 0.05) is 30.9 Å². The number of fused-ring (bicyclic) bond motifs is 5. The molecule has 1 N–H and O–H groups in total. The van der Waals surface area contributed by atoms with Crippen LogP contribution in [0.25, 0.3) is 16.8 Å². The maximum Gasteiger partial charge on any atom is 0.165 e. The quantitative estimate of drug-likeness (QED) is 0.664. The van der Waals surface area contributed by atoms with E-state index in [1.807, 2.05) is 23.0 Å². The van der Waals surface area contributed by atoms with Gasteiger partial charge in [0.05, 0.1) is 6.20 Å². The number of hydrogen-bond donors (Lipinski definition) is 1. The first-order chi connectivity index (χ1) is 13.3. The second kappa shape index (κ2) is 6.85. The number of nitrogens with one attached hydrogen (secondary N) is 1. The van der Waals surface area contributed by atoms with E-state index in [0.717, 1.165) is 54.6 Å². The first-order valence-corrected chi connectivity index (χ1v) is 9.84. The zero-order valence-corrected chi connectivity index (χ0v) is 15.7. The van der Waals surface area contributed by atoms with Gasteiger partial charge < -0.3 is 10.1 Å². The molecule has 0 amide bonds. The van der Waals surface area contributed by atoms with Crippen LogP contribution in [0, 0.1) is 6.92 Å². The van der Waals surface area contributed by atoms with Crippen molar-refractivity contribution in [3.8, 4) is 16.9 Å². The van der Waals surface area contributed by atoms with E-state index in [2.05, 4.69) is 40.4 Å². The normalized spacial score (nSPS) is 20.6. The Kier molecular flexibility index (Phi) is 4.20. The van der Waals surface area contributed by atoms with Gasteiger partial charge >= 0.3 is 0 Å². The Morgan fingerprint density at radius 3 is 3.07 bits per heavy atom. The minimum atomic E-state index is 0.482. The summed E-state index contributed by atoms with van der Waals surface area (Å²) in [5.41, 5.74) is 4.24. The average molecular weight is 363 g/mol. The van der Waals surface area contributed by atoms with Gasteiger partial charge in [-0.15, -0.1) is 0 Å². The molecule has 2 aliphatic rings. The molecule has 0 radical (unpaired) electrons. The molecule has 0 spiro atoms. The van der Waals surface area contributed by atoms with Crippen molar-refractivity contribution in [2.24, 2.45) is 0 Å². The Morgan fingerprint density at radius 1 is 1.15 bits per heavy atom. The third-order valence-electron chi connectivity index (χ3n) is 5.76. The van der Waals surface area contributed by atoms with Crippen LogP contribution < -0.4 is 10.1 Å². The average Bonchev–Trinajstić information content (AvgIpc) is 3.11. The van der Waals surface area contributed by atoms with E-state index < -0.39 is 0 Å². The molecule has 0 saturated carbocycles. The van der Waals surface area contributed by atoms with E-state index in [1.54, 1.807) is 0 Å². The van der Waals surface area contributed by atoms with E-state index in [4.69, 9.17) is 9.72 Å². The monoisotopic (exact) mass is 363 g/mol. The molecule has 3 aromatic rings. The number of aromatic nitrogens is 3. The molecule has 140 valence electrons. The maximum absolute atomic E-state index is 6.23. The standard InChI is InChI=1S/C21H25N5O/c1-15-5-6-17-12-18(15)19-13-23-26-10-7-20(24-21(19)26)22-8-11-25-9-3-2-4-16(25)14-27-17/h5-7,10,12-13,16H,2-4,8-9,11,14H2,1H3,(H,22,24)/t16-/m0/s1. The van der Waals surface area contributed by atoms with Crippen molar-refractivity contribution in [2.75, 3.05) is 31.6 Å². The van der Waals surface area contributed by atoms with Crippen LogP contribution in [-0.2, 0) is 0 Å². The van der Waals surface area contributed by atoms with Crippen molar-refractivity contribution in [3.05, 3.63) is 42.2 Å². The number of aryl methyl sites for hydroxylation is 1.